The van der Waals surface area contributed by atoms with Gasteiger partial charge in [0, 0.05) is 18.8 Å². The molecule has 15 heavy (non-hydrogen) atoms. The molecule has 0 aromatic carbocycles. The van der Waals surface area contributed by atoms with Gasteiger partial charge in [0.15, 0.2) is 0 Å². The van der Waals surface area contributed by atoms with Crippen LogP contribution in [0.5, 0.6) is 0 Å². The molecular weight excluding hydrogens is 202 g/mol. The first-order valence-electron chi connectivity index (χ1n) is 6.22. The highest BCUT2D eigenvalue weighted by molar-refractivity contribution is 7.99. The van der Waals surface area contributed by atoms with Gasteiger partial charge >= 0.3 is 0 Å². The van der Waals surface area contributed by atoms with E-state index in [1.807, 2.05) is 0 Å². The summed E-state index contributed by atoms with van der Waals surface area (Å²) in [5.74, 6) is 3.62. The van der Waals surface area contributed by atoms with Crippen molar-refractivity contribution in [1.29, 1.82) is 0 Å². The van der Waals surface area contributed by atoms with Gasteiger partial charge in [-0.25, -0.2) is 0 Å². The van der Waals surface area contributed by atoms with Gasteiger partial charge in [-0.15, -0.1) is 0 Å². The van der Waals surface area contributed by atoms with Crippen molar-refractivity contribution in [2.45, 2.75) is 39.5 Å². The van der Waals surface area contributed by atoms with E-state index in [-0.39, 0.29) is 0 Å². The Morgan fingerprint density at radius 3 is 2.93 bits per heavy atom. The van der Waals surface area contributed by atoms with Crippen LogP contribution in [-0.2, 0) is 0 Å². The molecule has 88 valence electrons. The molecular formula is C13H25NS. The van der Waals surface area contributed by atoms with E-state index >= 15 is 0 Å². The largest absolute Gasteiger partial charge is 0.375 e. The van der Waals surface area contributed by atoms with Crippen LogP contribution in [0.15, 0.2) is 12.3 Å². The van der Waals surface area contributed by atoms with Gasteiger partial charge in [0.1, 0.15) is 0 Å². The third-order valence-corrected chi connectivity index (χ3v) is 4.30. The first kappa shape index (κ1) is 13.0. The topological polar surface area (TPSA) is 3.24 Å². The average molecular weight is 227 g/mol. The zero-order valence-electron chi connectivity index (χ0n) is 10.3. The van der Waals surface area contributed by atoms with E-state index < -0.39 is 0 Å². The molecule has 1 unspecified atom stereocenters. The van der Waals surface area contributed by atoms with Crippen LogP contribution in [0.3, 0.4) is 0 Å². The van der Waals surface area contributed by atoms with Crippen LogP contribution in [-0.4, -0.2) is 29.5 Å². The summed E-state index contributed by atoms with van der Waals surface area (Å²) in [5.41, 5.74) is 1.24. The zero-order chi connectivity index (χ0) is 11.1. The van der Waals surface area contributed by atoms with E-state index in [0.717, 1.165) is 5.92 Å². The summed E-state index contributed by atoms with van der Waals surface area (Å²) in [7, 11) is 0. The van der Waals surface area contributed by atoms with E-state index in [2.05, 4.69) is 37.1 Å². The van der Waals surface area contributed by atoms with Crippen molar-refractivity contribution in [2.24, 2.45) is 5.92 Å². The van der Waals surface area contributed by atoms with Crippen molar-refractivity contribution in [3.05, 3.63) is 12.3 Å². The maximum Gasteiger partial charge on any atom is 0.0210 e. The lowest BCUT2D eigenvalue weighted by Gasteiger charge is -2.28. The summed E-state index contributed by atoms with van der Waals surface area (Å²) in [6.07, 6.45) is 5.49. The highest BCUT2D eigenvalue weighted by Crippen LogP contribution is 2.23. The Labute approximate surface area is 99.3 Å². The van der Waals surface area contributed by atoms with E-state index in [9.17, 15) is 0 Å². The van der Waals surface area contributed by atoms with Gasteiger partial charge in [-0.1, -0.05) is 19.9 Å². The van der Waals surface area contributed by atoms with Gasteiger partial charge in [0.2, 0.25) is 0 Å². The molecule has 1 saturated heterocycles. The molecule has 0 N–H and O–H groups in total. The summed E-state index contributed by atoms with van der Waals surface area (Å²) in [6.45, 7) is 10.9. The quantitative estimate of drug-likeness (QED) is 0.703. The molecule has 2 heteroatoms. The Morgan fingerprint density at radius 2 is 2.27 bits per heavy atom. The highest BCUT2D eigenvalue weighted by atomic mass is 32.2. The maximum absolute atomic E-state index is 4.08. The average Bonchev–Trinajstić information content (AvgIpc) is 2.45. The lowest BCUT2D eigenvalue weighted by atomic mass is 10.0. The summed E-state index contributed by atoms with van der Waals surface area (Å²) in [4.78, 5) is 2.47. The maximum atomic E-state index is 4.08. The van der Waals surface area contributed by atoms with Crippen LogP contribution in [0.2, 0.25) is 0 Å². The van der Waals surface area contributed by atoms with Gasteiger partial charge in [0.25, 0.3) is 0 Å². The van der Waals surface area contributed by atoms with Crippen molar-refractivity contribution < 1.29 is 0 Å². The second-order valence-corrected chi connectivity index (χ2v) is 5.77. The van der Waals surface area contributed by atoms with Gasteiger partial charge in [0.05, 0.1) is 0 Å². The minimum Gasteiger partial charge on any atom is -0.375 e. The molecule has 0 aliphatic carbocycles. The minimum atomic E-state index is 0.890. The van der Waals surface area contributed by atoms with Crippen LogP contribution in [0.1, 0.15) is 39.5 Å². The molecule has 1 nitrogen and oxygen atoms in total. The minimum absolute atomic E-state index is 0.890. The third kappa shape index (κ3) is 4.96. The first-order valence-corrected chi connectivity index (χ1v) is 7.37. The second-order valence-electron chi connectivity index (χ2n) is 4.62. The number of hydrogen-bond acceptors (Lipinski definition) is 2. The van der Waals surface area contributed by atoms with E-state index in [0.29, 0.717) is 0 Å². The number of nitrogens with zero attached hydrogens (tertiary/aromatic N) is 1. The smallest absolute Gasteiger partial charge is 0.0210 e. The van der Waals surface area contributed by atoms with Gasteiger partial charge < -0.3 is 4.90 Å². The molecule has 1 atom stereocenters. The highest BCUT2D eigenvalue weighted by Gasteiger charge is 2.15. The fourth-order valence-electron chi connectivity index (χ4n) is 2.13. The third-order valence-electron chi connectivity index (χ3n) is 3.02. The van der Waals surface area contributed by atoms with Gasteiger partial charge in [-0.05, 0) is 43.6 Å². The summed E-state index contributed by atoms with van der Waals surface area (Å²) in [6, 6.07) is 0. The monoisotopic (exact) mass is 227 g/mol. The fraction of sp³-hybridized carbons (Fsp3) is 0.846. The summed E-state index contributed by atoms with van der Waals surface area (Å²) >= 11 is 2.14. The van der Waals surface area contributed by atoms with Crippen LogP contribution < -0.4 is 0 Å². The number of allylic oxidation sites excluding steroid dienone is 1. The predicted molar refractivity (Wildman–Crippen MR) is 71.3 cm³/mol. The van der Waals surface area contributed by atoms with Crippen molar-refractivity contribution in [3.63, 3.8) is 0 Å². The molecule has 0 radical (unpaired) electrons. The molecule has 1 rings (SSSR count). The second kappa shape index (κ2) is 7.21. The van der Waals surface area contributed by atoms with Crippen molar-refractivity contribution in [1.82, 2.24) is 4.90 Å². The molecule has 1 aliphatic heterocycles. The first-order chi connectivity index (χ1) is 7.24. The number of rotatable bonds is 5. The lowest BCUT2D eigenvalue weighted by Crippen LogP contribution is -2.29. The van der Waals surface area contributed by atoms with E-state index in [1.54, 1.807) is 0 Å². The van der Waals surface area contributed by atoms with Crippen LogP contribution in [0, 0.1) is 5.92 Å². The molecule has 0 saturated carbocycles. The molecule has 0 bridgehead atoms. The van der Waals surface area contributed by atoms with Crippen molar-refractivity contribution in [2.75, 3.05) is 24.6 Å². The number of thioether (sulfide) groups is 1. The SMILES string of the molecule is C=C(C)N(CCC)CC1CCCCSC1. The normalized spacial score (nSPS) is 22.1. The van der Waals surface area contributed by atoms with Gasteiger partial charge in [-0.3, -0.25) is 0 Å². The predicted octanol–water partition coefficient (Wildman–Crippen LogP) is 3.77. The van der Waals surface area contributed by atoms with Crippen molar-refractivity contribution >= 4 is 11.8 Å². The fourth-order valence-corrected chi connectivity index (χ4v) is 3.31. The Bertz CT molecular complexity index is 183. The lowest BCUT2D eigenvalue weighted by molar-refractivity contribution is 0.289. The molecule has 0 spiro atoms. The van der Waals surface area contributed by atoms with Crippen LogP contribution in [0.25, 0.3) is 0 Å². The summed E-state index contributed by atoms with van der Waals surface area (Å²) < 4.78 is 0. The summed E-state index contributed by atoms with van der Waals surface area (Å²) in [5, 5.41) is 0. The van der Waals surface area contributed by atoms with E-state index in [4.69, 9.17) is 0 Å². The molecule has 1 fully saturated rings. The van der Waals surface area contributed by atoms with Crippen LogP contribution in [0.4, 0.5) is 0 Å². The standard InChI is InChI=1S/C13H25NS/c1-4-8-14(12(2)3)10-13-7-5-6-9-15-11-13/h13H,2,4-11H2,1,3H3. The Balaban J connectivity index is 2.37. The van der Waals surface area contributed by atoms with Crippen LogP contribution >= 0.6 is 11.8 Å². The number of hydrogen-bond donors (Lipinski definition) is 0. The molecule has 0 amide bonds. The molecule has 1 aliphatic rings. The Kier molecular flexibility index (Phi) is 6.23. The Morgan fingerprint density at radius 1 is 1.47 bits per heavy atom. The molecule has 1 heterocycles. The van der Waals surface area contributed by atoms with E-state index in [1.165, 1.54) is 56.0 Å². The van der Waals surface area contributed by atoms with Gasteiger partial charge in [-0.2, -0.15) is 11.8 Å². The molecule has 0 aromatic heterocycles. The zero-order valence-corrected chi connectivity index (χ0v) is 11.1. The molecule has 0 aromatic rings. The van der Waals surface area contributed by atoms with Crippen molar-refractivity contribution in [3.8, 4) is 0 Å². The Hall–Kier alpha value is -0.110.